The number of amides is 2. The zero-order chi connectivity index (χ0) is 21.9. The minimum atomic E-state index is -3.99. The van der Waals surface area contributed by atoms with E-state index in [1.165, 1.54) is 26.4 Å². The van der Waals surface area contributed by atoms with E-state index in [4.69, 9.17) is 13.8 Å². The summed E-state index contributed by atoms with van der Waals surface area (Å²) in [6.45, 7) is 1.60. The molecule has 0 aliphatic carbocycles. The van der Waals surface area contributed by atoms with Crippen LogP contribution in [0.2, 0.25) is 0 Å². The fourth-order valence-electron chi connectivity index (χ4n) is 3.55. The predicted molar refractivity (Wildman–Crippen MR) is 108 cm³/mol. The molecule has 0 spiro atoms. The molecule has 2 aromatic carbocycles. The molecule has 9 heteroatoms. The maximum Gasteiger partial charge on any atom is 0.340 e. The van der Waals surface area contributed by atoms with Crippen molar-refractivity contribution in [2.75, 3.05) is 20.8 Å². The largest absolute Gasteiger partial charge is 0.464 e. The van der Waals surface area contributed by atoms with Gasteiger partial charge in [-0.15, -0.1) is 0 Å². The van der Waals surface area contributed by atoms with Gasteiger partial charge in [0.25, 0.3) is 11.8 Å². The maximum absolute atomic E-state index is 13.5. The molecular weight excluding hydrogens is 409 g/mol. The van der Waals surface area contributed by atoms with Gasteiger partial charge in [-0.05, 0) is 24.6 Å². The van der Waals surface area contributed by atoms with E-state index in [0.29, 0.717) is 5.56 Å². The zero-order valence-electron chi connectivity index (χ0n) is 16.8. The molecule has 0 aromatic heterocycles. The molecule has 0 radical (unpaired) electrons. The Kier molecular flexibility index (Phi) is 6.51. The van der Waals surface area contributed by atoms with Gasteiger partial charge in [-0.25, -0.2) is 4.79 Å². The van der Waals surface area contributed by atoms with E-state index in [-0.39, 0.29) is 17.7 Å². The van der Waals surface area contributed by atoms with E-state index < -0.39 is 37.1 Å². The number of hydrogen-bond acceptors (Lipinski definition) is 7. The van der Waals surface area contributed by atoms with Gasteiger partial charge in [-0.1, -0.05) is 42.5 Å². The third kappa shape index (κ3) is 3.69. The van der Waals surface area contributed by atoms with Gasteiger partial charge < -0.3 is 13.8 Å². The topological polar surface area (TPSA) is 99.2 Å². The van der Waals surface area contributed by atoms with Crippen LogP contribution < -0.4 is 0 Å². The summed E-state index contributed by atoms with van der Waals surface area (Å²) in [5.74, 6) is -2.23. The van der Waals surface area contributed by atoms with Gasteiger partial charge in [-0.2, -0.15) is 0 Å². The van der Waals surface area contributed by atoms with Gasteiger partial charge in [0.1, 0.15) is 5.66 Å². The number of carbonyl (C=O) groups is 3. The van der Waals surface area contributed by atoms with Crippen LogP contribution in [0.15, 0.2) is 54.6 Å². The summed E-state index contributed by atoms with van der Waals surface area (Å²) in [4.78, 5) is 40.1. The van der Waals surface area contributed by atoms with E-state index in [1.54, 1.807) is 49.4 Å². The van der Waals surface area contributed by atoms with E-state index in [0.717, 1.165) is 4.90 Å². The predicted octanol–water partition coefficient (Wildman–Crippen LogP) is 3.44. The average Bonchev–Trinajstić information content (AvgIpc) is 3.02. The molecule has 1 aliphatic heterocycles. The molecule has 2 aromatic rings. The van der Waals surface area contributed by atoms with Crippen LogP contribution in [0.3, 0.4) is 0 Å². The minimum Gasteiger partial charge on any atom is -0.464 e. The molecule has 0 saturated heterocycles. The van der Waals surface area contributed by atoms with Crippen molar-refractivity contribution in [2.45, 2.75) is 18.6 Å². The van der Waals surface area contributed by atoms with Gasteiger partial charge in [0.2, 0.25) is 0 Å². The second kappa shape index (κ2) is 8.92. The van der Waals surface area contributed by atoms with Gasteiger partial charge >= 0.3 is 13.6 Å². The molecule has 2 unspecified atom stereocenters. The Morgan fingerprint density at radius 3 is 1.90 bits per heavy atom. The van der Waals surface area contributed by atoms with Gasteiger partial charge in [-0.3, -0.25) is 19.1 Å². The molecule has 1 heterocycles. The van der Waals surface area contributed by atoms with E-state index in [9.17, 15) is 18.9 Å². The van der Waals surface area contributed by atoms with Gasteiger partial charge in [0.15, 0.2) is 6.04 Å². The SMILES string of the molecule is CCOC(=O)C(C(c1ccccc1)P(=O)(OC)OC)N1C(=O)c2ccccc2C1=O. The summed E-state index contributed by atoms with van der Waals surface area (Å²) in [7, 11) is -1.62. The average molecular weight is 431 g/mol. The molecule has 0 bridgehead atoms. The second-order valence-electron chi connectivity index (χ2n) is 6.48. The van der Waals surface area contributed by atoms with Crippen molar-refractivity contribution < 1.29 is 32.7 Å². The number of ether oxygens (including phenoxy) is 1. The molecule has 3 rings (SSSR count). The quantitative estimate of drug-likeness (QED) is 0.359. The first-order valence-electron chi connectivity index (χ1n) is 9.29. The summed E-state index contributed by atoms with van der Waals surface area (Å²) in [6, 6.07) is 13.1. The van der Waals surface area contributed by atoms with Crippen LogP contribution in [0.4, 0.5) is 0 Å². The van der Waals surface area contributed by atoms with Gasteiger partial charge in [0.05, 0.1) is 17.7 Å². The Morgan fingerprint density at radius 2 is 1.43 bits per heavy atom. The molecular formula is C21H22NO7P. The van der Waals surface area contributed by atoms with Crippen LogP contribution in [0.5, 0.6) is 0 Å². The molecule has 0 fully saturated rings. The summed E-state index contributed by atoms with van der Waals surface area (Å²) in [5, 5.41) is 0. The smallest absolute Gasteiger partial charge is 0.340 e. The first kappa shape index (κ1) is 21.9. The number of benzene rings is 2. The molecule has 8 nitrogen and oxygen atoms in total. The lowest BCUT2D eigenvalue weighted by Crippen LogP contribution is -2.49. The van der Waals surface area contributed by atoms with Crippen molar-refractivity contribution in [3.05, 3.63) is 71.3 Å². The van der Waals surface area contributed by atoms with Gasteiger partial charge in [0, 0.05) is 14.2 Å². The van der Waals surface area contributed by atoms with Crippen molar-refractivity contribution >= 4 is 25.4 Å². The van der Waals surface area contributed by atoms with Crippen LogP contribution in [-0.4, -0.2) is 49.6 Å². The summed E-state index contributed by atoms with van der Waals surface area (Å²) < 4.78 is 29.1. The number of fused-ring (bicyclic) bond motifs is 1. The van der Waals surface area contributed by atoms with E-state index >= 15 is 0 Å². The van der Waals surface area contributed by atoms with Crippen molar-refractivity contribution in [1.82, 2.24) is 4.90 Å². The van der Waals surface area contributed by atoms with Crippen molar-refractivity contribution in [2.24, 2.45) is 0 Å². The first-order chi connectivity index (χ1) is 14.4. The number of esters is 1. The Hall–Kier alpha value is -2.80. The molecule has 1 aliphatic rings. The minimum absolute atomic E-state index is 0.00424. The Labute approximate surface area is 174 Å². The molecule has 0 N–H and O–H groups in total. The van der Waals surface area contributed by atoms with E-state index in [2.05, 4.69) is 0 Å². The summed E-state index contributed by atoms with van der Waals surface area (Å²) >= 11 is 0. The number of imide groups is 1. The monoisotopic (exact) mass is 431 g/mol. The molecule has 2 atom stereocenters. The zero-order valence-corrected chi connectivity index (χ0v) is 17.7. The van der Waals surface area contributed by atoms with Crippen molar-refractivity contribution in [3.63, 3.8) is 0 Å². The highest BCUT2D eigenvalue weighted by Crippen LogP contribution is 2.62. The number of rotatable bonds is 8. The lowest BCUT2D eigenvalue weighted by Gasteiger charge is -2.34. The fraction of sp³-hybridized carbons (Fsp3) is 0.286. The highest BCUT2D eigenvalue weighted by atomic mass is 31.2. The van der Waals surface area contributed by atoms with Crippen LogP contribution in [0.1, 0.15) is 38.9 Å². The number of nitrogens with zero attached hydrogens (tertiary/aromatic N) is 1. The van der Waals surface area contributed by atoms with E-state index in [1.807, 2.05) is 0 Å². The Bertz CT molecular complexity index is 964. The second-order valence-corrected chi connectivity index (χ2v) is 8.85. The molecule has 0 saturated carbocycles. The molecule has 30 heavy (non-hydrogen) atoms. The highest BCUT2D eigenvalue weighted by Gasteiger charge is 2.53. The van der Waals surface area contributed by atoms with Crippen LogP contribution in [-0.2, 0) is 23.1 Å². The lowest BCUT2D eigenvalue weighted by atomic mass is 10.0. The van der Waals surface area contributed by atoms with Crippen LogP contribution in [0.25, 0.3) is 0 Å². The third-order valence-electron chi connectivity index (χ3n) is 4.92. The number of hydrogen-bond donors (Lipinski definition) is 0. The fourth-order valence-corrected chi connectivity index (χ4v) is 5.29. The Balaban J connectivity index is 2.22. The Morgan fingerprint density at radius 1 is 0.933 bits per heavy atom. The third-order valence-corrected chi connectivity index (χ3v) is 7.20. The normalized spacial score (nSPS) is 15.6. The first-order valence-corrected chi connectivity index (χ1v) is 10.9. The van der Waals surface area contributed by atoms with Crippen LogP contribution in [0, 0.1) is 0 Å². The molecule has 2 amide bonds. The standard InChI is InChI=1S/C21H22NO7P/c1-4-29-21(25)17(22-19(23)15-12-8-9-13-16(15)20(22)24)18(30(26,27-2)28-3)14-10-6-5-7-11-14/h5-13,17-18H,4H2,1-3H3. The highest BCUT2D eigenvalue weighted by molar-refractivity contribution is 7.54. The number of carbonyl (C=O) groups excluding carboxylic acids is 3. The van der Waals surface area contributed by atoms with Crippen molar-refractivity contribution in [3.8, 4) is 0 Å². The lowest BCUT2D eigenvalue weighted by molar-refractivity contribution is -0.148. The van der Waals surface area contributed by atoms with Crippen molar-refractivity contribution in [1.29, 1.82) is 0 Å². The maximum atomic E-state index is 13.5. The summed E-state index contributed by atoms with van der Waals surface area (Å²) in [6.07, 6.45) is 0. The summed E-state index contributed by atoms with van der Waals surface area (Å²) in [5.41, 5.74) is -0.560. The molecule has 158 valence electrons. The van der Waals surface area contributed by atoms with Crippen LogP contribution >= 0.6 is 7.60 Å².